The minimum Gasteiger partial charge on any atom is -0.393 e. The molecule has 132 valence electrons. The van der Waals surface area contributed by atoms with Gasteiger partial charge in [0.05, 0.1) is 19.8 Å². The van der Waals surface area contributed by atoms with Gasteiger partial charge in [-0.05, 0) is 30.5 Å². The van der Waals surface area contributed by atoms with Crippen molar-refractivity contribution in [2.24, 2.45) is 5.92 Å². The summed E-state index contributed by atoms with van der Waals surface area (Å²) in [6.45, 7) is 1.26. The largest absolute Gasteiger partial charge is 0.393 e. The summed E-state index contributed by atoms with van der Waals surface area (Å²) in [7, 11) is 0. The van der Waals surface area contributed by atoms with Gasteiger partial charge in [0, 0.05) is 18.9 Å². The lowest BCUT2D eigenvalue weighted by Crippen LogP contribution is -2.57. The number of halogens is 1. The second-order valence-corrected chi connectivity index (χ2v) is 7.09. The number of morpholine rings is 1. The lowest BCUT2D eigenvalue weighted by molar-refractivity contribution is -0.162. The number of aliphatic hydroxyl groups is 1. The summed E-state index contributed by atoms with van der Waals surface area (Å²) in [5.41, 5.74) is 0.109. The average Bonchev–Trinajstić information content (AvgIpc) is 2.64. The highest BCUT2D eigenvalue weighted by Crippen LogP contribution is 2.29. The summed E-state index contributed by atoms with van der Waals surface area (Å²) in [6.07, 6.45) is 5.89. The van der Waals surface area contributed by atoms with Gasteiger partial charge in [-0.2, -0.15) is 0 Å². The van der Waals surface area contributed by atoms with Crippen molar-refractivity contribution in [3.05, 3.63) is 35.6 Å². The number of aliphatic hydroxyl groups excluding tert-OH is 1. The molecule has 1 heterocycles. The van der Waals surface area contributed by atoms with Crippen molar-refractivity contribution in [2.45, 2.75) is 44.1 Å². The molecule has 2 fully saturated rings. The van der Waals surface area contributed by atoms with E-state index < -0.39 is 5.60 Å². The fraction of sp³-hybridized carbons (Fsp3) is 0.632. The SMILES string of the molecule is O=C(C1CCCCC1)N1CCO[C@](CO)(Cc2ccc(F)cc2)C1. The Hall–Kier alpha value is -1.46. The molecule has 4 nitrogen and oxygen atoms in total. The van der Waals surface area contributed by atoms with Crippen molar-refractivity contribution < 1.29 is 19.0 Å². The molecule has 1 aliphatic carbocycles. The van der Waals surface area contributed by atoms with Crippen LogP contribution in [-0.2, 0) is 16.0 Å². The molecule has 0 aromatic heterocycles. The number of rotatable bonds is 4. The Balaban J connectivity index is 1.69. The molecule has 1 N–H and O–H groups in total. The van der Waals surface area contributed by atoms with Crippen LogP contribution in [0.3, 0.4) is 0 Å². The van der Waals surface area contributed by atoms with Crippen LogP contribution in [0.1, 0.15) is 37.7 Å². The van der Waals surface area contributed by atoms with Gasteiger partial charge >= 0.3 is 0 Å². The molecule has 1 aliphatic heterocycles. The number of amides is 1. The number of carbonyl (C=O) groups is 1. The van der Waals surface area contributed by atoms with Crippen LogP contribution < -0.4 is 0 Å². The van der Waals surface area contributed by atoms with Crippen molar-refractivity contribution in [2.75, 3.05) is 26.3 Å². The van der Waals surface area contributed by atoms with E-state index in [2.05, 4.69) is 0 Å². The molecule has 0 spiro atoms. The zero-order valence-corrected chi connectivity index (χ0v) is 14.0. The third kappa shape index (κ3) is 3.95. The summed E-state index contributed by atoms with van der Waals surface area (Å²) in [5.74, 6) is 0.0458. The van der Waals surface area contributed by atoms with Gasteiger partial charge in [0.1, 0.15) is 11.4 Å². The molecular formula is C19H26FNO3. The number of ether oxygens (including phenoxy) is 1. The van der Waals surface area contributed by atoms with Crippen LogP contribution in [0.15, 0.2) is 24.3 Å². The van der Waals surface area contributed by atoms with E-state index in [0.717, 1.165) is 31.2 Å². The van der Waals surface area contributed by atoms with Gasteiger partial charge < -0.3 is 14.7 Å². The van der Waals surface area contributed by atoms with Gasteiger partial charge in [0.25, 0.3) is 0 Å². The molecule has 1 saturated heterocycles. The summed E-state index contributed by atoms with van der Waals surface area (Å²) in [5, 5.41) is 9.93. The van der Waals surface area contributed by atoms with Crippen LogP contribution >= 0.6 is 0 Å². The zero-order chi connectivity index (χ0) is 17.0. The summed E-state index contributed by atoms with van der Waals surface area (Å²) >= 11 is 0. The lowest BCUT2D eigenvalue weighted by Gasteiger charge is -2.43. The Morgan fingerprint density at radius 2 is 1.96 bits per heavy atom. The van der Waals surface area contributed by atoms with Crippen molar-refractivity contribution in [1.29, 1.82) is 0 Å². The normalized spacial score (nSPS) is 25.7. The van der Waals surface area contributed by atoms with Crippen molar-refractivity contribution in [3.63, 3.8) is 0 Å². The van der Waals surface area contributed by atoms with Crippen molar-refractivity contribution >= 4 is 5.91 Å². The molecule has 24 heavy (non-hydrogen) atoms. The first kappa shape index (κ1) is 17.4. The predicted molar refractivity (Wildman–Crippen MR) is 89.0 cm³/mol. The van der Waals surface area contributed by atoms with Gasteiger partial charge in [0.2, 0.25) is 5.91 Å². The second kappa shape index (κ2) is 7.62. The average molecular weight is 335 g/mol. The first-order valence-electron chi connectivity index (χ1n) is 8.90. The molecule has 2 aliphatic rings. The minimum atomic E-state index is -0.791. The highest BCUT2D eigenvalue weighted by molar-refractivity contribution is 5.79. The van der Waals surface area contributed by atoms with E-state index >= 15 is 0 Å². The van der Waals surface area contributed by atoms with Crippen LogP contribution in [-0.4, -0.2) is 47.8 Å². The Bertz CT molecular complexity index is 556. The molecule has 5 heteroatoms. The van der Waals surface area contributed by atoms with Gasteiger partial charge in [-0.15, -0.1) is 0 Å². The molecule has 1 atom stereocenters. The standard InChI is InChI=1S/C19H26FNO3/c20-17-8-6-15(7-9-17)12-19(14-22)13-21(10-11-24-19)18(23)16-4-2-1-3-5-16/h6-9,16,22H,1-5,10-14H2/t19-/m1/s1. The van der Waals surface area contributed by atoms with E-state index in [4.69, 9.17) is 4.74 Å². The molecule has 0 radical (unpaired) electrons. The van der Waals surface area contributed by atoms with E-state index in [1.54, 1.807) is 12.1 Å². The maximum atomic E-state index is 13.1. The molecule has 0 bridgehead atoms. The fourth-order valence-corrected chi connectivity index (χ4v) is 3.87. The molecule has 1 saturated carbocycles. The molecule has 0 unspecified atom stereocenters. The van der Waals surface area contributed by atoms with Crippen molar-refractivity contribution in [3.8, 4) is 0 Å². The molecule has 3 rings (SSSR count). The Morgan fingerprint density at radius 3 is 2.62 bits per heavy atom. The Kier molecular flexibility index (Phi) is 5.51. The third-order valence-electron chi connectivity index (χ3n) is 5.24. The van der Waals surface area contributed by atoms with Crippen LogP contribution in [0.25, 0.3) is 0 Å². The smallest absolute Gasteiger partial charge is 0.225 e. The van der Waals surface area contributed by atoms with E-state index in [9.17, 15) is 14.3 Å². The van der Waals surface area contributed by atoms with Crippen LogP contribution in [0.2, 0.25) is 0 Å². The highest BCUT2D eigenvalue weighted by atomic mass is 19.1. The minimum absolute atomic E-state index is 0.124. The number of nitrogens with zero attached hydrogens (tertiary/aromatic N) is 1. The van der Waals surface area contributed by atoms with E-state index in [-0.39, 0.29) is 24.2 Å². The molecule has 1 amide bonds. The van der Waals surface area contributed by atoms with E-state index in [0.29, 0.717) is 26.1 Å². The van der Waals surface area contributed by atoms with Crippen LogP contribution in [0.5, 0.6) is 0 Å². The quantitative estimate of drug-likeness (QED) is 0.920. The predicted octanol–water partition coefficient (Wildman–Crippen LogP) is 2.54. The second-order valence-electron chi connectivity index (χ2n) is 7.09. The van der Waals surface area contributed by atoms with Gasteiger partial charge in [-0.1, -0.05) is 31.4 Å². The number of carbonyl (C=O) groups excluding carboxylic acids is 1. The maximum Gasteiger partial charge on any atom is 0.225 e. The summed E-state index contributed by atoms with van der Waals surface area (Å²) in [6, 6.07) is 6.23. The first-order chi connectivity index (χ1) is 11.6. The first-order valence-corrected chi connectivity index (χ1v) is 8.90. The molecule has 1 aromatic carbocycles. The lowest BCUT2D eigenvalue weighted by atomic mass is 9.87. The Labute approximate surface area is 142 Å². The monoisotopic (exact) mass is 335 g/mol. The van der Waals surface area contributed by atoms with E-state index in [1.807, 2.05) is 4.90 Å². The van der Waals surface area contributed by atoms with Gasteiger partial charge in [-0.25, -0.2) is 4.39 Å². The van der Waals surface area contributed by atoms with Crippen LogP contribution in [0.4, 0.5) is 4.39 Å². The van der Waals surface area contributed by atoms with Gasteiger partial charge in [-0.3, -0.25) is 4.79 Å². The molecular weight excluding hydrogens is 309 g/mol. The topological polar surface area (TPSA) is 49.8 Å². The Morgan fingerprint density at radius 1 is 1.25 bits per heavy atom. The van der Waals surface area contributed by atoms with Gasteiger partial charge in [0.15, 0.2) is 0 Å². The number of hydrogen-bond donors (Lipinski definition) is 1. The molecule has 1 aromatic rings. The third-order valence-corrected chi connectivity index (χ3v) is 5.24. The van der Waals surface area contributed by atoms with Crippen LogP contribution in [0, 0.1) is 11.7 Å². The zero-order valence-electron chi connectivity index (χ0n) is 14.0. The van der Waals surface area contributed by atoms with Crippen molar-refractivity contribution in [1.82, 2.24) is 4.90 Å². The van der Waals surface area contributed by atoms with E-state index in [1.165, 1.54) is 18.6 Å². The maximum absolute atomic E-state index is 13.1. The number of benzene rings is 1. The highest BCUT2D eigenvalue weighted by Gasteiger charge is 2.39. The fourth-order valence-electron chi connectivity index (χ4n) is 3.87. The summed E-state index contributed by atoms with van der Waals surface area (Å²) in [4.78, 5) is 14.7. The summed E-state index contributed by atoms with van der Waals surface area (Å²) < 4.78 is 19.0. The number of hydrogen-bond acceptors (Lipinski definition) is 3.